The maximum Gasteiger partial charge on any atom is 1.00 e. The summed E-state index contributed by atoms with van der Waals surface area (Å²) >= 11 is 13.0. The third kappa shape index (κ3) is 7.06. The Bertz CT molecular complexity index is 2030. The van der Waals surface area contributed by atoms with Gasteiger partial charge < -0.3 is 24.2 Å². The third-order valence-corrected chi connectivity index (χ3v) is 9.59. The summed E-state index contributed by atoms with van der Waals surface area (Å²) in [5, 5.41) is 24.7. The molecule has 7 rings (SSSR count). The Kier molecular flexibility index (Phi) is 12.3. The monoisotopic (exact) mass is 870 g/mol. The molecule has 0 bridgehead atoms. The summed E-state index contributed by atoms with van der Waals surface area (Å²) in [6, 6.07) is 25.9. The van der Waals surface area contributed by atoms with Crippen LogP contribution >= 0.6 is 63.7 Å². The van der Waals surface area contributed by atoms with E-state index in [4.69, 9.17) is 9.15 Å². The van der Waals surface area contributed by atoms with Crippen LogP contribution in [0.5, 0.6) is 17.2 Å². The zero-order valence-electron chi connectivity index (χ0n) is 23.8. The Morgan fingerprint density at radius 3 is 1.93 bits per heavy atom. The molecular formula is C33H16Br4Na2O6. The molecule has 4 aromatic carbocycles. The second kappa shape index (κ2) is 15.2. The predicted octanol–water partition coefficient (Wildman–Crippen LogP) is 2.44. The molecule has 3 aliphatic rings. The fourth-order valence-corrected chi connectivity index (χ4v) is 7.38. The van der Waals surface area contributed by atoms with Gasteiger partial charge in [-0.15, -0.1) is 0 Å². The fourth-order valence-electron chi connectivity index (χ4n) is 4.98. The number of hydrogen-bond acceptors (Lipinski definition) is 6. The summed E-state index contributed by atoms with van der Waals surface area (Å²) in [6.07, 6.45) is 0.979. The standard InChI is InChI=1S/C20H8Br4O5.C13H10O.2Na/c21-11-5-9-13(7-3-1-2-4-8(7)20(27)28)10-6-12(22)17(26)15(24)19(10)29-18(9)14(23)16(11)25;1-3-7-12-10(5-1)9-11-6-2-4-8-13(11)14-12;;/h1-6,25H,(H,27,28);1-8H,9H2;;/q;;2*+1/p-2. The van der Waals surface area contributed by atoms with Crippen LogP contribution in [0.15, 0.2) is 112 Å². The van der Waals surface area contributed by atoms with Gasteiger partial charge in [0, 0.05) is 33.0 Å². The normalized spacial score (nSPS) is 11.2. The minimum Gasteiger partial charge on any atom is -0.871 e. The minimum atomic E-state index is -1.35. The Balaban J connectivity index is 0.000000242. The summed E-state index contributed by atoms with van der Waals surface area (Å²) < 4.78 is 12.6. The number of para-hydroxylation sites is 2. The molecule has 2 aliphatic heterocycles. The molecule has 0 fully saturated rings. The third-order valence-electron chi connectivity index (χ3n) is 6.97. The number of hydrogen-bond donors (Lipinski definition) is 0. The largest absolute Gasteiger partial charge is 1.00 e. The first-order chi connectivity index (χ1) is 20.7. The van der Waals surface area contributed by atoms with E-state index < -0.39 is 5.97 Å². The molecule has 0 amide bonds. The maximum absolute atomic E-state index is 12.4. The van der Waals surface area contributed by atoms with Crippen molar-refractivity contribution in [1.29, 1.82) is 0 Å². The van der Waals surface area contributed by atoms with Gasteiger partial charge in [-0.3, -0.25) is 4.79 Å². The molecule has 12 heteroatoms. The van der Waals surface area contributed by atoms with Crippen molar-refractivity contribution in [2.24, 2.45) is 0 Å². The van der Waals surface area contributed by atoms with E-state index in [1.807, 2.05) is 24.3 Å². The number of rotatable bonds is 2. The van der Waals surface area contributed by atoms with E-state index in [0.29, 0.717) is 22.1 Å². The maximum atomic E-state index is 12.4. The zero-order chi connectivity index (χ0) is 30.4. The summed E-state index contributed by atoms with van der Waals surface area (Å²) in [6.45, 7) is 0. The van der Waals surface area contributed by atoms with Crippen LogP contribution in [0.2, 0.25) is 0 Å². The van der Waals surface area contributed by atoms with Crippen molar-refractivity contribution in [2.45, 2.75) is 6.42 Å². The quantitative estimate of drug-likeness (QED) is 0.196. The van der Waals surface area contributed by atoms with Crippen LogP contribution in [0.4, 0.5) is 0 Å². The number of carbonyl (C=O) groups is 1. The van der Waals surface area contributed by atoms with Crippen LogP contribution in [0.3, 0.4) is 0 Å². The molecule has 4 aromatic rings. The second-order valence-corrected chi connectivity index (χ2v) is 12.9. The Morgan fingerprint density at radius 2 is 1.31 bits per heavy atom. The van der Waals surface area contributed by atoms with Gasteiger partial charge in [-0.1, -0.05) is 82.3 Å². The van der Waals surface area contributed by atoms with Crippen molar-refractivity contribution in [3.05, 3.63) is 130 Å². The van der Waals surface area contributed by atoms with E-state index >= 15 is 0 Å². The molecule has 0 aromatic heterocycles. The fraction of sp³-hybridized carbons (Fsp3) is 0.0303. The van der Waals surface area contributed by atoms with Crippen molar-refractivity contribution in [1.82, 2.24) is 0 Å². The molecule has 0 unspecified atom stereocenters. The number of ether oxygens (including phenoxy) is 1. The zero-order valence-corrected chi connectivity index (χ0v) is 34.1. The van der Waals surface area contributed by atoms with Crippen LogP contribution in [0, 0.1) is 0 Å². The van der Waals surface area contributed by atoms with E-state index in [9.17, 15) is 19.8 Å². The smallest absolute Gasteiger partial charge is 0.871 e. The SMILES string of the molecule is O=C([O-])c1ccccc1-c1c2cc(Br)c(=O)c(Br)c-2oc2c(Br)c([O-])c(Br)cc12.[Na+].[Na+].c1ccc2c(c1)Cc1ccccc1O2. The summed E-state index contributed by atoms with van der Waals surface area (Å²) in [5.74, 6) is 0.490. The van der Waals surface area contributed by atoms with E-state index in [0.717, 1.165) is 17.9 Å². The molecule has 214 valence electrons. The summed E-state index contributed by atoms with van der Waals surface area (Å²) in [4.78, 5) is 24.2. The van der Waals surface area contributed by atoms with E-state index in [1.165, 1.54) is 17.2 Å². The number of carbonyl (C=O) groups excluding carboxylic acids is 1. The first-order valence-electron chi connectivity index (χ1n) is 12.7. The topological polar surface area (TPSA) is 103 Å². The second-order valence-electron chi connectivity index (χ2n) is 9.56. The number of benzene rings is 5. The van der Waals surface area contributed by atoms with Crippen molar-refractivity contribution < 1.29 is 83.3 Å². The van der Waals surface area contributed by atoms with Crippen LogP contribution in [0.1, 0.15) is 21.5 Å². The number of fused-ring (bicyclic) bond motifs is 4. The average Bonchev–Trinajstić information content (AvgIpc) is 3.01. The summed E-state index contributed by atoms with van der Waals surface area (Å²) in [5.41, 5.74) is 3.71. The first kappa shape index (κ1) is 36.4. The molecule has 2 heterocycles. The first-order valence-corrected chi connectivity index (χ1v) is 15.9. The van der Waals surface area contributed by atoms with Crippen molar-refractivity contribution in [3.8, 4) is 39.7 Å². The molecule has 0 saturated heterocycles. The Morgan fingerprint density at radius 1 is 0.733 bits per heavy atom. The minimum absolute atomic E-state index is 0. The van der Waals surface area contributed by atoms with Gasteiger partial charge in [0.05, 0.1) is 14.9 Å². The molecule has 0 N–H and O–H groups in total. The van der Waals surface area contributed by atoms with Crippen molar-refractivity contribution in [2.75, 3.05) is 0 Å². The average molecular weight is 874 g/mol. The van der Waals surface area contributed by atoms with Gasteiger partial charge in [-0.2, -0.15) is 0 Å². The van der Waals surface area contributed by atoms with E-state index in [2.05, 4.69) is 88.0 Å². The molecule has 0 saturated carbocycles. The van der Waals surface area contributed by atoms with Gasteiger partial charge in [0.15, 0.2) is 5.76 Å². The molecule has 0 spiro atoms. The predicted molar refractivity (Wildman–Crippen MR) is 175 cm³/mol. The van der Waals surface area contributed by atoms with Crippen LogP contribution < -0.4 is 79.5 Å². The van der Waals surface area contributed by atoms with Gasteiger partial charge in [-0.05, 0) is 88.7 Å². The Labute approximate surface area is 335 Å². The molecule has 1 aliphatic carbocycles. The van der Waals surface area contributed by atoms with Gasteiger partial charge in [0.2, 0.25) is 5.43 Å². The molecule has 0 radical (unpaired) electrons. The molecule has 6 nitrogen and oxygen atoms in total. The molecular weight excluding hydrogens is 858 g/mol. The Hall–Kier alpha value is -1.44. The van der Waals surface area contributed by atoms with Gasteiger partial charge >= 0.3 is 59.1 Å². The van der Waals surface area contributed by atoms with Gasteiger partial charge in [0.1, 0.15) is 21.6 Å². The van der Waals surface area contributed by atoms with Crippen molar-refractivity contribution >= 4 is 80.7 Å². The van der Waals surface area contributed by atoms with E-state index in [1.54, 1.807) is 30.3 Å². The van der Waals surface area contributed by atoms with Crippen molar-refractivity contribution in [3.63, 3.8) is 0 Å². The number of carboxylic acid groups (broad SMARTS) is 1. The number of aromatic carboxylic acids is 1. The number of halogens is 4. The summed E-state index contributed by atoms with van der Waals surface area (Å²) in [7, 11) is 0. The van der Waals surface area contributed by atoms with Crippen LogP contribution in [-0.4, -0.2) is 5.97 Å². The van der Waals surface area contributed by atoms with Gasteiger partial charge in [0.25, 0.3) is 0 Å². The van der Waals surface area contributed by atoms with Crippen LogP contribution in [-0.2, 0) is 6.42 Å². The molecule has 0 atom stereocenters. The van der Waals surface area contributed by atoms with Gasteiger partial charge in [-0.25, -0.2) is 0 Å². The van der Waals surface area contributed by atoms with E-state index in [-0.39, 0.29) is 105 Å². The number of carboxylic acids is 1. The van der Waals surface area contributed by atoms with Crippen LogP contribution in [0.25, 0.3) is 33.4 Å². The molecule has 45 heavy (non-hydrogen) atoms.